The smallest absolute Gasteiger partial charge is 0.276 e. The van der Waals surface area contributed by atoms with Crippen molar-refractivity contribution < 1.29 is 9.18 Å². The van der Waals surface area contributed by atoms with Crippen LogP contribution in [0.25, 0.3) is 16.9 Å². The summed E-state index contributed by atoms with van der Waals surface area (Å²) >= 11 is 6.22. The first-order chi connectivity index (χ1) is 14.7. The normalized spacial score (nSPS) is 11.6. The first-order valence-electron chi connectivity index (χ1n) is 9.41. The van der Waals surface area contributed by atoms with E-state index in [9.17, 15) is 14.0 Å². The molecule has 0 aliphatic heterocycles. The Morgan fingerprint density at radius 3 is 2.58 bits per heavy atom. The Morgan fingerprint density at radius 2 is 1.94 bits per heavy atom. The fourth-order valence-corrected chi connectivity index (χ4v) is 3.52. The summed E-state index contributed by atoms with van der Waals surface area (Å²) in [4.78, 5) is 31.3. The zero-order valence-corrected chi connectivity index (χ0v) is 17.5. The maximum atomic E-state index is 14.5. The number of nitrogens with two attached hydrogens (primary N) is 1. The van der Waals surface area contributed by atoms with E-state index in [4.69, 9.17) is 17.3 Å². The summed E-state index contributed by atoms with van der Waals surface area (Å²) in [6.45, 7) is 3.48. The summed E-state index contributed by atoms with van der Waals surface area (Å²) in [6.07, 6.45) is 3.02. The summed E-state index contributed by atoms with van der Waals surface area (Å²) in [5, 5.41) is 3.27. The van der Waals surface area contributed by atoms with E-state index in [1.54, 1.807) is 50.4 Å². The van der Waals surface area contributed by atoms with Gasteiger partial charge in [-0.25, -0.2) is 9.37 Å². The van der Waals surface area contributed by atoms with Crippen molar-refractivity contribution in [1.29, 1.82) is 0 Å². The maximum Gasteiger partial charge on any atom is 0.276 e. The number of hydrogen-bond donors (Lipinski definition) is 3. The number of hydrogen-bond acceptors (Lipinski definition) is 4. The topological polar surface area (TPSA) is 105 Å². The fourth-order valence-electron chi connectivity index (χ4n) is 3.27. The summed E-state index contributed by atoms with van der Waals surface area (Å²) in [5.74, 6) is -0.563. The molecule has 0 aliphatic carbocycles. The van der Waals surface area contributed by atoms with E-state index in [2.05, 4.69) is 15.3 Å². The van der Waals surface area contributed by atoms with E-state index >= 15 is 0 Å². The van der Waals surface area contributed by atoms with Crippen LogP contribution in [0.1, 0.15) is 19.4 Å². The minimum absolute atomic E-state index is 0.0939. The van der Waals surface area contributed by atoms with Gasteiger partial charge >= 0.3 is 0 Å². The fraction of sp³-hybridized carbons (Fsp3) is 0.136. The summed E-state index contributed by atoms with van der Waals surface area (Å²) in [7, 11) is 0. The Balaban J connectivity index is 1.81. The molecule has 2 aromatic carbocycles. The number of benzene rings is 2. The Hall–Kier alpha value is -3.65. The second-order valence-electron chi connectivity index (χ2n) is 7.58. The molecule has 2 heterocycles. The molecule has 0 fully saturated rings. The highest BCUT2D eigenvalue weighted by Crippen LogP contribution is 2.33. The molecule has 0 saturated heterocycles. The minimum atomic E-state index is -0.828. The van der Waals surface area contributed by atoms with Crippen LogP contribution in [0.5, 0.6) is 0 Å². The van der Waals surface area contributed by atoms with Crippen molar-refractivity contribution >= 4 is 34.5 Å². The van der Waals surface area contributed by atoms with Crippen LogP contribution in [-0.4, -0.2) is 20.3 Å². The molecule has 0 atom stereocenters. The van der Waals surface area contributed by atoms with Crippen molar-refractivity contribution in [2.75, 3.05) is 5.32 Å². The van der Waals surface area contributed by atoms with Crippen LogP contribution >= 0.6 is 11.6 Å². The van der Waals surface area contributed by atoms with Gasteiger partial charge in [0.15, 0.2) is 17.2 Å². The third-order valence-corrected chi connectivity index (χ3v) is 5.55. The van der Waals surface area contributed by atoms with Crippen molar-refractivity contribution in [3.8, 4) is 11.4 Å². The molecule has 158 valence electrons. The third kappa shape index (κ3) is 3.55. The average molecular weight is 440 g/mol. The molecule has 0 saturated carbocycles. The van der Waals surface area contributed by atoms with Gasteiger partial charge in [-0.1, -0.05) is 29.8 Å². The van der Waals surface area contributed by atoms with Gasteiger partial charge in [-0.05, 0) is 43.7 Å². The molecule has 1 amide bonds. The monoisotopic (exact) mass is 439 g/mol. The molecule has 0 spiro atoms. The molecule has 0 radical (unpaired) electrons. The van der Waals surface area contributed by atoms with Crippen LogP contribution in [0.4, 0.5) is 15.9 Å². The lowest BCUT2D eigenvalue weighted by Gasteiger charge is -2.21. The molecule has 2 aromatic heterocycles. The van der Waals surface area contributed by atoms with Gasteiger partial charge in [0, 0.05) is 18.1 Å². The van der Waals surface area contributed by atoms with E-state index in [-0.39, 0.29) is 27.7 Å². The predicted octanol–water partition coefficient (Wildman–Crippen LogP) is 3.99. The van der Waals surface area contributed by atoms with Gasteiger partial charge in [0.25, 0.3) is 5.56 Å². The van der Waals surface area contributed by atoms with Crippen LogP contribution in [0.3, 0.4) is 0 Å². The number of anilines is 2. The van der Waals surface area contributed by atoms with Crippen LogP contribution < -0.4 is 16.6 Å². The number of carbonyl (C=O) groups excluding carboxylic acids is 1. The van der Waals surface area contributed by atoms with E-state index in [1.807, 2.05) is 0 Å². The molecule has 4 rings (SSSR count). The SMILES string of the molecule is CC(C)(C(N)=O)c1ccc(Nc2nc(-c3c(F)cccc3Cl)n3cc[nH]c(=O)c23)cc1. The molecule has 0 aliphatic rings. The van der Waals surface area contributed by atoms with E-state index in [0.29, 0.717) is 5.69 Å². The molecule has 7 nitrogen and oxygen atoms in total. The van der Waals surface area contributed by atoms with Crippen LogP contribution in [0.15, 0.2) is 59.7 Å². The van der Waals surface area contributed by atoms with Crippen LogP contribution in [0.2, 0.25) is 5.02 Å². The first kappa shape index (κ1) is 20.6. The van der Waals surface area contributed by atoms with Crippen molar-refractivity contribution in [2.45, 2.75) is 19.3 Å². The number of halogens is 2. The number of H-pyrrole nitrogens is 1. The van der Waals surface area contributed by atoms with Gasteiger partial charge in [0.2, 0.25) is 5.91 Å². The standard InChI is InChI=1S/C22H19ClFN5O2/c1-22(2,21(25)31)12-6-8-13(9-7-12)27-18-17-20(30)26-10-11-29(17)19(28-18)16-14(23)4-3-5-15(16)24/h3-11,27H,1-2H3,(H2,25,31)(H,26,30). The summed E-state index contributed by atoms with van der Waals surface area (Å²) < 4.78 is 16.0. The number of primary amides is 1. The van der Waals surface area contributed by atoms with Gasteiger partial charge in [-0.3, -0.25) is 14.0 Å². The van der Waals surface area contributed by atoms with Gasteiger partial charge in [-0.2, -0.15) is 0 Å². The van der Waals surface area contributed by atoms with Crippen molar-refractivity contribution in [3.05, 3.63) is 81.6 Å². The number of amides is 1. The zero-order valence-electron chi connectivity index (χ0n) is 16.7. The molecule has 0 bridgehead atoms. The van der Waals surface area contributed by atoms with E-state index < -0.39 is 22.7 Å². The van der Waals surface area contributed by atoms with Crippen molar-refractivity contribution in [3.63, 3.8) is 0 Å². The molecule has 31 heavy (non-hydrogen) atoms. The molecule has 4 N–H and O–H groups in total. The lowest BCUT2D eigenvalue weighted by Crippen LogP contribution is -2.35. The maximum absolute atomic E-state index is 14.5. The van der Waals surface area contributed by atoms with Crippen LogP contribution in [-0.2, 0) is 10.2 Å². The van der Waals surface area contributed by atoms with E-state index in [1.165, 1.54) is 22.7 Å². The molecular formula is C22H19ClFN5O2. The lowest BCUT2D eigenvalue weighted by molar-refractivity contribution is -0.122. The number of nitrogens with one attached hydrogen (secondary N) is 2. The van der Waals surface area contributed by atoms with Gasteiger partial charge in [-0.15, -0.1) is 0 Å². The largest absolute Gasteiger partial charge is 0.369 e. The highest BCUT2D eigenvalue weighted by atomic mass is 35.5. The molecule has 4 aromatic rings. The van der Waals surface area contributed by atoms with Gasteiger partial charge in [0.1, 0.15) is 5.82 Å². The Labute approximate surface area is 181 Å². The van der Waals surface area contributed by atoms with Crippen LogP contribution in [0, 0.1) is 5.82 Å². The molecule has 9 heteroatoms. The Morgan fingerprint density at radius 1 is 1.23 bits per heavy atom. The minimum Gasteiger partial charge on any atom is -0.369 e. The number of aromatic amines is 1. The summed E-state index contributed by atoms with van der Waals surface area (Å²) in [5.41, 5.74) is 5.92. The van der Waals surface area contributed by atoms with Gasteiger partial charge < -0.3 is 16.0 Å². The number of imidazole rings is 1. The third-order valence-electron chi connectivity index (χ3n) is 5.24. The highest BCUT2D eigenvalue weighted by molar-refractivity contribution is 6.33. The van der Waals surface area contributed by atoms with Crippen molar-refractivity contribution in [1.82, 2.24) is 14.4 Å². The second kappa shape index (κ2) is 7.55. The number of rotatable bonds is 5. The Kier molecular flexibility index (Phi) is 5.02. The zero-order chi connectivity index (χ0) is 22.3. The predicted molar refractivity (Wildman–Crippen MR) is 118 cm³/mol. The quantitative estimate of drug-likeness (QED) is 0.437. The Bertz CT molecular complexity index is 1340. The lowest BCUT2D eigenvalue weighted by atomic mass is 9.84. The average Bonchev–Trinajstić information content (AvgIpc) is 3.07. The number of carbonyl (C=O) groups is 1. The van der Waals surface area contributed by atoms with Gasteiger partial charge in [0.05, 0.1) is 16.0 Å². The molecule has 0 unspecified atom stereocenters. The molecular weight excluding hydrogens is 421 g/mol. The summed E-state index contributed by atoms with van der Waals surface area (Å²) in [6, 6.07) is 11.4. The number of nitrogens with zero attached hydrogens (tertiary/aromatic N) is 2. The van der Waals surface area contributed by atoms with Crippen molar-refractivity contribution in [2.24, 2.45) is 5.73 Å². The highest BCUT2D eigenvalue weighted by Gasteiger charge is 2.27. The first-order valence-corrected chi connectivity index (χ1v) is 9.79. The number of fused-ring (bicyclic) bond motifs is 1. The van der Waals surface area contributed by atoms with E-state index in [0.717, 1.165) is 5.56 Å². The number of aromatic nitrogens is 3. The second-order valence-corrected chi connectivity index (χ2v) is 7.99.